The predicted molar refractivity (Wildman–Crippen MR) is 93.0 cm³/mol. The molecule has 1 saturated heterocycles. The largest absolute Gasteiger partial charge is 0.456 e. The third-order valence-electron chi connectivity index (χ3n) is 4.36. The van der Waals surface area contributed by atoms with E-state index >= 15 is 0 Å². The van der Waals surface area contributed by atoms with Crippen molar-refractivity contribution in [1.82, 2.24) is 5.43 Å². The summed E-state index contributed by atoms with van der Waals surface area (Å²) in [4.78, 5) is 38.8. The summed E-state index contributed by atoms with van der Waals surface area (Å²) in [5, 5.41) is 3.89. The molecule has 2 amide bonds. The summed E-state index contributed by atoms with van der Waals surface area (Å²) in [5.74, 6) is -2.58. The first-order chi connectivity index (χ1) is 12.7. The van der Waals surface area contributed by atoms with Crippen LogP contribution in [0.15, 0.2) is 65.8 Å². The van der Waals surface area contributed by atoms with Crippen LogP contribution in [0, 0.1) is 5.92 Å². The molecule has 7 heteroatoms. The number of rotatable bonds is 4. The van der Waals surface area contributed by atoms with Gasteiger partial charge in [0.1, 0.15) is 18.6 Å². The number of para-hydroxylation sites is 1. The quantitative estimate of drug-likeness (QED) is 0.663. The highest BCUT2D eigenvalue weighted by Crippen LogP contribution is 2.30. The highest BCUT2D eigenvalue weighted by Gasteiger charge is 2.55. The van der Waals surface area contributed by atoms with E-state index in [-0.39, 0.29) is 12.3 Å². The topological polar surface area (TPSA) is 88.1 Å². The molecule has 1 N–H and O–H groups in total. The van der Waals surface area contributed by atoms with Crippen molar-refractivity contribution in [2.75, 3.05) is 4.90 Å². The molecule has 2 aromatic carbocycles. The Morgan fingerprint density at radius 2 is 1.65 bits per heavy atom. The number of nitrogens with one attached hydrogen (secondary N) is 1. The third kappa shape index (κ3) is 2.63. The van der Waals surface area contributed by atoms with E-state index in [4.69, 9.17) is 4.74 Å². The molecule has 2 atom stereocenters. The summed E-state index contributed by atoms with van der Waals surface area (Å²) in [6, 6.07) is 16.9. The number of imide groups is 1. The van der Waals surface area contributed by atoms with Gasteiger partial charge in [-0.05, 0) is 17.7 Å². The first-order valence-corrected chi connectivity index (χ1v) is 8.14. The van der Waals surface area contributed by atoms with E-state index in [2.05, 4.69) is 10.5 Å². The molecular formula is C19H15N3O4. The molecule has 2 aromatic rings. The zero-order valence-corrected chi connectivity index (χ0v) is 13.7. The second-order valence-electron chi connectivity index (χ2n) is 5.99. The molecule has 4 rings (SSSR count). The Balaban J connectivity index is 1.51. The highest BCUT2D eigenvalue weighted by atomic mass is 16.5. The van der Waals surface area contributed by atoms with Gasteiger partial charge < -0.3 is 4.74 Å². The fraction of sp³-hybridized carbons (Fsp3) is 0.158. The predicted octanol–water partition coefficient (Wildman–Crippen LogP) is 1.25. The standard InChI is InChI=1S/C19H15N3O4/c23-17-14-15(18(24)22(17)13-9-5-2-6-10-13)20-21-16(14)19(25)26-11-12-7-3-1-4-8-12/h1-10,14-15,20H,11H2/t14-,15+/m0/s1. The molecule has 7 nitrogen and oxygen atoms in total. The maximum atomic E-state index is 12.8. The average Bonchev–Trinajstić information content (AvgIpc) is 3.22. The molecule has 0 bridgehead atoms. The summed E-state index contributed by atoms with van der Waals surface area (Å²) in [6.07, 6.45) is 0. The Morgan fingerprint density at radius 3 is 2.35 bits per heavy atom. The van der Waals surface area contributed by atoms with Crippen molar-refractivity contribution in [3.05, 3.63) is 66.2 Å². The van der Waals surface area contributed by atoms with E-state index in [1.165, 1.54) is 0 Å². The van der Waals surface area contributed by atoms with Crippen LogP contribution >= 0.6 is 0 Å². The summed E-state index contributed by atoms with van der Waals surface area (Å²) in [6.45, 7) is 0.0701. The minimum absolute atomic E-state index is 0.0669. The van der Waals surface area contributed by atoms with Gasteiger partial charge in [0.05, 0.1) is 5.69 Å². The van der Waals surface area contributed by atoms with E-state index < -0.39 is 29.7 Å². The van der Waals surface area contributed by atoms with Crippen LogP contribution in [-0.4, -0.2) is 29.5 Å². The molecule has 0 radical (unpaired) electrons. The summed E-state index contributed by atoms with van der Waals surface area (Å²) < 4.78 is 5.25. The summed E-state index contributed by atoms with van der Waals surface area (Å²) in [5.41, 5.74) is 3.83. The third-order valence-corrected chi connectivity index (χ3v) is 4.36. The Bertz CT molecular complexity index is 896. The number of anilines is 1. The zero-order valence-electron chi connectivity index (χ0n) is 13.7. The normalized spacial score (nSPS) is 21.2. The molecule has 0 aromatic heterocycles. The average molecular weight is 349 g/mol. The molecule has 2 aliphatic rings. The van der Waals surface area contributed by atoms with Crippen LogP contribution in [0.3, 0.4) is 0 Å². The lowest BCUT2D eigenvalue weighted by molar-refractivity contribution is -0.137. The van der Waals surface area contributed by atoms with Gasteiger partial charge >= 0.3 is 5.97 Å². The van der Waals surface area contributed by atoms with Crippen LogP contribution in [0.25, 0.3) is 0 Å². The van der Waals surface area contributed by atoms with Crippen molar-refractivity contribution in [2.45, 2.75) is 12.6 Å². The lowest BCUT2D eigenvalue weighted by Crippen LogP contribution is -2.36. The van der Waals surface area contributed by atoms with Crippen molar-refractivity contribution in [2.24, 2.45) is 11.0 Å². The minimum Gasteiger partial charge on any atom is -0.456 e. The fourth-order valence-corrected chi connectivity index (χ4v) is 3.09. The number of amides is 2. The Hall–Kier alpha value is -3.48. The second-order valence-corrected chi connectivity index (χ2v) is 5.99. The van der Waals surface area contributed by atoms with Gasteiger partial charge in [0.15, 0.2) is 5.71 Å². The zero-order chi connectivity index (χ0) is 18.1. The van der Waals surface area contributed by atoms with E-state index in [1.807, 2.05) is 30.3 Å². The van der Waals surface area contributed by atoms with Crippen LogP contribution < -0.4 is 10.3 Å². The summed E-state index contributed by atoms with van der Waals surface area (Å²) in [7, 11) is 0. The first kappa shape index (κ1) is 16.0. The van der Waals surface area contributed by atoms with Crippen LogP contribution in [0.4, 0.5) is 5.69 Å². The van der Waals surface area contributed by atoms with Crippen molar-refractivity contribution < 1.29 is 19.1 Å². The van der Waals surface area contributed by atoms with Gasteiger partial charge in [-0.3, -0.25) is 15.0 Å². The van der Waals surface area contributed by atoms with Gasteiger partial charge in [-0.1, -0.05) is 48.5 Å². The number of hydrazone groups is 1. The Kier molecular flexibility index (Phi) is 3.96. The molecule has 1 fully saturated rings. The monoisotopic (exact) mass is 349 g/mol. The van der Waals surface area contributed by atoms with E-state index in [1.54, 1.807) is 30.3 Å². The molecule has 0 saturated carbocycles. The Morgan fingerprint density at radius 1 is 1.00 bits per heavy atom. The number of hydrogen-bond acceptors (Lipinski definition) is 6. The maximum absolute atomic E-state index is 12.8. The van der Waals surface area contributed by atoms with Gasteiger partial charge in [-0.25, -0.2) is 9.69 Å². The van der Waals surface area contributed by atoms with Gasteiger partial charge in [0.25, 0.3) is 5.91 Å². The number of carbonyl (C=O) groups excluding carboxylic acids is 3. The number of fused-ring (bicyclic) bond motifs is 1. The van der Waals surface area contributed by atoms with E-state index in [9.17, 15) is 14.4 Å². The molecule has 0 unspecified atom stereocenters. The molecule has 130 valence electrons. The number of benzene rings is 2. The second kappa shape index (κ2) is 6.44. The fourth-order valence-electron chi connectivity index (χ4n) is 3.09. The molecule has 0 aliphatic carbocycles. The van der Waals surface area contributed by atoms with Crippen LogP contribution in [0.5, 0.6) is 0 Å². The number of hydrogen-bond donors (Lipinski definition) is 1. The van der Waals surface area contributed by atoms with Crippen LogP contribution in [0.2, 0.25) is 0 Å². The lowest BCUT2D eigenvalue weighted by Gasteiger charge is -2.15. The van der Waals surface area contributed by atoms with Crippen molar-refractivity contribution >= 4 is 29.2 Å². The number of esters is 1. The minimum atomic E-state index is -0.967. The van der Waals surface area contributed by atoms with Gasteiger partial charge in [-0.15, -0.1) is 0 Å². The molecular weight excluding hydrogens is 334 g/mol. The first-order valence-electron chi connectivity index (χ1n) is 8.14. The van der Waals surface area contributed by atoms with Crippen molar-refractivity contribution in [3.8, 4) is 0 Å². The van der Waals surface area contributed by atoms with E-state index in [0.717, 1.165) is 10.5 Å². The lowest BCUT2D eigenvalue weighted by atomic mass is 9.99. The molecule has 2 heterocycles. The van der Waals surface area contributed by atoms with Crippen molar-refractivity contribution in [1.29, 1.82) is 0 Å². The highest BCUT2D eigenvalue weighted by molar-refractivity contribution is 6.46. The molecule has 2 aliphatic heterocycles. The van der Waals surface area contributed by atoms with Gasteiger partial charge in [0, 0.05) is 0 Å². The molecule has 26 heavy (non-hydrogen) atoms. The summed E-state index contributed by atoms with van der Waals surface area (Å²) >= 11 is 0. The Labute approximate surface area is 149 Å². The van der Waals surface area contributed by atoms with Gasteiger partial charge in [0.2, 0.25) is 5.91 Å². The van der Waals surface area contributed by atoms with Crippen LogP contribution in [-0.2, 0) is 25.7 Å². The number of ether oxygens (including phenoxy) is 1. The van der Waals surface area contributed by atoms with Crippen LogP contribution in [0.1, 0.15) is 5.56 Å². The number of carbonyl (C=O) groups is 3. The smallest absolute Gasteiger partial charge is 0.355 e. The van der Waals surface area contributed by atoms with E-state index in [0.29, 0.717) is 5.69 Å². The van der Waals surface area contributed by atoms with Gasteiger partial charge in [-0.2, -0.15) is 5.10 Å². The molecule has 0 spiro atoms. The SMILES string of the molecule is O=C(OCc1ccccc1)C1=NN[C@H]2C(=O)N(c3ccccc3)C(=O)[C@H]12. The number of nitrogens with zero attached hydrogens (tertiary/aromatic N) is 2. The maximum Gasteiger partial charge on any atom is 0.355 e. The van der Waals surface area contributed by atoms with Crippen molar-refractivity contribution in [3.63, 3.8) is 0 Å².